The molecule has 0 spiro atoms. The molecular formula is C21H23ClF3NO. The number of para-hydroxylation sites is 1. The number of benzene rings is 2. The Bertz CT molecular complexity index is 809. The third-order valence-corrected chi connectivity index (χ3v) is 4.89. The normalized spacial score (nSPS) is 14.5. The van der Waals surface area contributed by atoms with Crippen LogP contribution in [0, 0.1) is 0 Å². The predicted octanol–water partition coefficient (Wildman–Crippen LogP) is 6.49. The van der Waals surface area contributed by atoms with Gasteiger partial charge in [-0.25, -0.2) is 0 Å². The Morgan fingerprint density at radius 2 is 1.44 bits per heavy atom. The first-order valence-electron chi connectivity index (χ1n) is 8.57. The van der Waals surface area contributed by atoms with E-state index in [0.717, 1.165) is 5.56 Å². The summed E-state index contributed by atoms with van der Waals surface area (Å²) in [6.07, 6.45) is -5.78. The Labute approximate surface area is 162 Å². The molecule has 0 aliphatic carbocycles. The molecule has 0 bridgehead atoms. The van der Waals surface area contributed by atoms with Gasteiger partial charge in [-0.05, 0) is 35.6 Å². The van der Waals surface area contributed by atoms with Crippen LogP contribution >= 0.6 is 11.6 Å². The summed E-state index contributed by atoms with van der Waals surface area (Å²) in [6.45, 7) is 7.35. The van der Waals surface area contributed by atoms with E-state index in [2.05, 4.69) is 5.32 Å². The molecule has 1 atom stereocenters. The van der Waals surface area contributed by atoms with E-state index in [1.807, 2.05) is 20.8 Å². The first-order valence-corrected chi connectivity index (χ1v) is 8.94. The van der Waals surface area contributed by atoms with Gasteiger partial charge in [0.1, 0.15) is 0 Å². The van der Waals surface area contributed by atoms with Crippen LogP contribution < -0.4 is 5.32 Å². The Balaban J connectivity index is 2.43. The van der Waals surface area contributed by atoms with E-state index in [0.29, 0.717) is 5.56 Å². The Hall–Kier alpha value is -2.01. The fourth-order valence-electron chi connectivity index (χ4n) is 2.88. The molecule has 0 saturated heterocycles. The minimum absolute atomic E-state index is 0.140. The van der Waals surface area contributed by atoms with Crippen LogP contribution in [0.3, 0.4) is 0 Å². The van der Waals surface area contributed by atoms with Crippen LogP contribution in [0.15, 0.2) is 48.5 Å². The van der Waals surface area contributed by atoms with Gasteiger partial charge in [0, 0.05) is 0 Å². The number of anilines is 1. The number of carbonyl (C=O) groups excluding carboxylic acids is 1. The lowest BCUT2D eigenvalue weighted by atomic mass is 9.76. The SMILES string of the molecule is CC(C)(C)c1ccc(C(C)(CC(F)(F)F)C(=O)Nc2ccccc2Cl)cc1. The number of amides is 1. The maximum absolute atomic E-state index is 13.3. The average molecular weight is 398 g/mol. The smallest absolute Gasteiger partial charge is 0.324 e. The van der Waals surface area contributed by atoms with Gasteiger partial charge in [0.2, 0.25) is 5.91 Å². The van der Waals surface area contributed by atoms with Crippen LogP contribution in [-0.4, -0.2) is 12.1 Å². The highest BCUT2D eigenvalue weighted by atomic mass is 35.5. The summed E-state index contributed by atoms with van der Waals surface area (Å²) in [5.74, 6) is -0.753. The molecule has 2 nitrogen and oxygen atoms in total. The summed E-state index contributed by atoms with van der Waals surface area (Å²) < 4.78 is 39.8. The zero-order valence-corrected chi connectivity index (χ0v) is 16.5. The van der Waals surface area contributed by atoms with E-state index in [4.69, 9.17) is 11.6 Å². The topological polar surface area (TPSA) is 29.1 Å². The van der Waals surface area contributed by atoms with Crippen LogP contribution in [0.5, 0.6) is 0 Å². The molecule has 27 heavy (non-hydrogen) atoms. The van der Waals surface area contributed by atoms with Gasteiger partial charge in [0.05, 0.1) is 22.5 Å². The van der Waals surface area contributed by atoms with Gasteiger partial charge in [-0.15, -0.1) is 0 Å². The van der Waals surface area contributed by atoms with Crippen molar-refractivity contribution in [3.05, 3.63) is 64.7 Å². The van der Waals surface area contributed by atoms with Crippen LogP contribution in [0.25, 0.3) is 0 Å². The van der Waals surface area contributed by atoms with E-state index < -0.39 is 23.9 Å². The van der Waals surface area contributed by atoms with Crippen molar-refractivity contribution in [2.45, 2.75) is 51.1 Å². The number of halogens is 4. The highest BCUT2D eigenvalue weighted by Crippen LogP contribution is 2.38. The maximum Gasteiger partial charge on any atom is 0.390 e. The van der Waals surface area contributed by atoms with Crippen LogP contribution in [-0.2, 0) is 15.6 Å². The molecule has 0 heterocycles. The van der Waals surface area contributed by atoms with Gasteiger partial charge >= 0.3 is 6.18 Å². The van der Waals surface area contributed by atoms with Crippen molar-refractivity contribution in [2.24, 2.45) is 0 Å². The van der Waals surface area contributed by atoms with Crippen molar-refractivity contribution in [3.63, 3.8) is 0 Å². The predicted molar refractivity (Wildman–Crippen MR) is 103 cm³/mol. The zero-order valence-electron chi connectivity index (χ0n) is 15.7. The van der Waals surface area contributed by atoms with E-state index in [9.17, 15) is 18.0 Å². The summed E-state index contributed by atoms with van der Waals surface area (Å²) in [5, 5.41) is 2.81. The van der Waals surface area contributed by atoms with E-state index in [-0.39, 0.29) is 16.1 Å². The minimum atomic E-state index is -4.50. The van der Waals surface area contributed by atoms with Gasteiger partial charge in [0.15, 0.2) is 0 Å². The largest absolute Gasteiger partial charge is 0.390 e. The molecular weight excluding hydrogens is 375 g/mol. The standard InChI is InChI=1S/C21H23ClF3NO/c1-19(2,3)14-9-11-15(12-10-14)20(4,13-21(23,24)25)18(27)26-17-8-6-5-7-16(17)22/h5-12H,13H2,1-4H3,(H,26,27). The van der Waals surface area contributed by atoms with Crippen LogP contribution in [0.1, 0.15) is 45.2 Å². The fourth-order valence-corrected chi connectivity index (χ4v) is 3.06. The third-order valence-electron chi connectivity index (χ3n) is 4.57. The van der Waals surface area contributed by atoms with Crippen molar-refractivity contribution < 1.29 is 18.0 Å². The molecule has 0 saturated carbocycles. The van der Waals surface area contributed by atoms with Crippen LogP contribution in [0.2, 0.25) is 5.02 Å². The maximum atomic E-state index is 13.3. The van der Waals surface area contributed by atoms with Crippen molar-refractivity contribution in [3.8, 4) is 0 Å². The average Bonchev–Trinajstić information content (AvgIpc) is 2.54. The van der Waals surface area contributed by atoms with Gasteiger partial charge in [-0.2, -0.15) is 13.2 Å². The lowest BCUT2D eigenvalue weighted by Gasteiger charge is -2.31. The highest BCUT2D eigenvalue weighted by Gasteiger charge is 2.45. The molecule has 1 N–H and O–H groups in total. The minimum Gasteiger partial charge on any atom is -0.324 e. The van der Waals surface area contributed by atoms with E-state index in [1.54, 1.807) is 48.5 Å². The molecule has 0 fully saturated rings. The lowest BCUT2D eigenvalue weighted by Crippen LogP contribution is -2.41. The number of hydrogen-bond donors (Lipinski definition) is 1. The number of hydrogen-bond acceptors (Lipinski definition) is 1. The van der Waals surface area contributed by atoms with Gasteiger partial charge in [-0.1, -0.05) is 68.8 Å². The second-order valence-electron chi connectivity index (χ2n) is 7.89. The number of alkyl halides is 3. The summed E-state index contributed by atoms with van der Waals surface area (Å²) in [4.78, 5) is 12.9. The Kier molecular flexibility index (Phi) is 5.95. The number of carbonyl (C=O) groups is 1. The van der Waals surface area contributed by atoms with E-state index in [1.165, 1.54) is 6.92 Å². The molecule has 1 unspecified atom stereocenters. The van der Waals surface area contributed by atoms with Gasteiger partial charge in [-0.3, -0.25) is 4.79 Å². The first kappa shape index (κ1) is 21.3. The number of rotatable bonds is 4. The number of nitrogens with one attached hydrogen (secondary N) is 1. The summed E-state index contributed by atoms with van der Waals surface area (Å²) in [5.41, 5.74) is -0.361. The second kappa shape index (κ2) is 7.55. The molecule has 0 aromatic heterocycles. The fraction of sp³-hybridized carbons (Fsp3) is 0.381. The zero-order chi connectivity index (χ0) is 20.5. The monoisotopic (exact) mass is 397 g/mol. The molecule has 1 amide bonds. The molecule has 2 aromatic carbocycles. The summed E-state index contributed by atoms with van der Waals surface area (Å²) >= 11 is 6.03. The molecule has 146 valence electrons. The Morgan fingerprint density at radius 3 is 1.93 bits per heavy atom. The second-order valence-corrected chi connectivity index (χ2v) is 8.29. The van der Waals surface area contributed by atoms with Crippen molar-refractivity contribution >= 4 is 23.2 Å². The lowest BCUT2D eigenvalue weighted by molar-refractivity contribution is -0.155. The first-order chi connectivity index (χ1) is 12.3. The Morgan fingerprint density at radius 1 is 0.926 bits per heavy atom. The molecule has 6 heteroatoms. The third kappa shape index (κ3) is 5.25. The summed E-state index contributed by atoms with van der Waals surface area (Å²) in [6, 6.07) is 13.2. The molecule has 0 aliphatic rings. The quantitative estimate of drug-likeness (QED) is 0.628. The van der Waals surface area contributed by atoms with Crippen molar-refractivity contribution in [1.82, 2.24) is 0 Å². The molecule has 2 rings (SSSR count). The van der Waals surface area contributed by atoms with Gasteiger partial charge < -0.3 is 5.32 Å². The molecule has 0 aliphatic heterocycles. The highest BCUT2D eigenvalue weighted by molar-refractivity contribution is 6.33. The van der Waals surface area contributed by atoms with Crippen molar-refractivity contribution in [2.75, 3.05) is 5.32 Å². The molecule has 0 radical (unpaired) electrons. The van der Waals surface area contributed by atoms with E-state index >= 15 is 0 Å². The van der Waals surface area contributed by atoms with Gasteiger partial charge in [0.25, 0.3) is 0 Å². The molecule has 2 aromatic rings. The van der Waals surface area contributed by atoms with Crippen molar-refractivity contribution in [1.29, 1.82) is 0 Å². The summed E-state index contributed by atoms with van der Waals surface area (Å²) in [7, 11) is 0. The van der Waals surface area contributed by atoms with Crippen LogP contribution in [0.4, 0.5) is 18.9 Å².